The molecule has 0 saturated carbocycles. The molecule has 1 atom stereocenters. The maximum Gasteiger partial charge on any atom is 0.159 e. The summed E-state index contributed by atoms with van der Waals surface area (Å²) in [5.41, 5.74) is 1.53. The Morgan fingerprint density at radius 1 is 1.28 bits per heavy atom. The Kier molecular flexibility index (Phi) is 3.73. The Balaban J connectivity index is 2.42. The fourth-order valence-electron chi connectivity index (χ4n) is 1.69. The van der Waals surface area contributed by atoms with Crippen molar-refractivity contribution in [2.24, 2.45) is 0 Å². The van der Waals surface area contributed by atoms with Gasteiger partial charge in [-0.3, -0.25) is 0 Å². The van der Waals surface area contributed by atoms with E-state index in [9.17, 15) is 8.78 Å². The van der Waals surface area contributed by atoms with Gasteiger partial charge < -0.3 is 5.32 Å². The molecule has 18 heavy (non-hydrogen) atoms. The van der Waals surface area contributed by atoms with Crippen molar-refractivity contribution in [3.05, 3.63) is 40.4 Å². The molecule has 1 aromatic heterocycles. The van der Waals surface area contributed by atoms with Crippen LogP contribution in [0.3, 0.4) is 0 Å². The summed E-state index contributed by atoms with van der Waals surface area (Å²) in [5, 5.41) is 3.86. The van der Waals surface area contributed by atoms with Crippen molar-refractivity contribution in [1.82, 2.24) is 10.3 Å². The highest BCUT2D eigenvalue weighted by Crippen LogP contribution is 2.32. The average Bonchev–Trinajstić information content (AvgIpc) is 2.74. The number of nitrogens with zero attached hydrogens (tertiary/aromatic N) is 1. The van der Waals surface area contributed by atoms with Gasteiger partial charge in [0.1, 0.15) is 5.01 Å². The summed E-state index contributed by atoms with van der Waals surface area (Å²) in [6.07, 6.45) is 0. The predicted octanol–water partition coefficient (Wildman–Crippen LogP) is 3.68. The number of benzene rings is 1. The van der Waals surface area contributed by atoms with Gasteiger partial charge in [-0.05, 0) is 39.1 Å². The van der Waals surface area contributed by atoms with E-state index in [0.29, 0.717) is 10.6 Å². The molecule has 0 amide bonds. The van der Waals surface area contributed by atoms with Crippen molar-refractivity contribution in [2.45, 2.75) is 19.9 Å². The van der Waals surface area contributed by atoms with E-state index in [1.165, 1.54) is 17.4 Å². The van der Waals surface area contributed by atoms with Gasteiger partial charge in [0.25, 0.3) is 0 Å². The number of rotatable bonds is 3. The Bertz CT molecular complexity index is 566. The van der Waals surface area contributed by atoms with E-state index in [1.807, 2.05) is 20.9 Å². The van der Waals surface area contributed by atoms with Crippen LogP contribution < -0.4 is 5.32 Å². The molecule has 2 rings (SSSR count). The fourth-order valence-corrected chi connectivity index (χ4v) is 2.82. The van der Waals surface area contributed by atoms with Crippen molar-refractivity contribution < 1.29 is 8.78 Å². The first-order valence-corrected chi connectivity index (χ1v) is 6.44. The predicted molar refractivity (Wildman–Crippen MR) is 69.7 cm³/mol. The second-order valence-electron chi connectivity index (χ2n) is 4.11. The lowest BCUT2D eigenvalue weighted by molar-refractivity contribution is 0.509. The van der Waals surface area contributed by atoms with Crippen LogP contribution >= 0.6 is 11.3 Å². The molecule has 5 heteroatoms. The number of aromatic nitrogens is 1. The van der Waals surface area contributed by atoms with E-state index >= 15 is 0 Å². The summed E-state index contributed by atoms with van der Waals surface area (Å²) in [7, 11) is 1.88. The molecule has 0 aliphatic heterocycles. The van der Waals surface area contributed by atoms with E-state index in [1.54, 1.807) is 6.07 Å². The molecule has 96 valence electrons. The highest BCUT2D eigenvalue weighted by molar-refractivity contribution is 7.15. The summed E-state index contributed by atoms with van der Waals surface area (Å²) in [6.45, 7) is 3.96. The number of halogens is 2. The normalized spacial score (nSPS) is 12.7. The molecule has 2 aromatic rings. The third kappa shape index (κ3) is 2.42. The van der Waals surface area contributed by atoms with Crippen LogP contribution in [0.25, 0.3) is 10.6 Å². The number of nitrogens with one attached hydrogen (secondary N) is 1. The first-order chi connectivity index (χ1) is 8.52. The minimum atomic E-state index is -0.844. The van der Waals surface area contributed by atoms with Gasteiger partial charge in [0.15, 0.2) is 11.6 Å². The number of hydrogen-bond donors (Lipinski definition) is 1. The summed E-state index contributed by atoms with van der Waals surface area (Å²) in [4.78, 5) is 5.52. The summed E-state index contributed by atoms with van der Waals surface area (Å²) in [6, 6.07) is 4.05. The molecule has 2 nitrogen and oxygen atoms in total. The van der Waals surface area contributed by atoms with Crippen molar-refractivity contribution in [3.63, 3.8) is 0 Å². The zero-order chi connectivity index (χ0) is 13.3. The van der Waals surface area contributed by atoms with Gasteiger partial charge in [-0.1, -0.05) is 0 Å². The zero-order valence-electron chi connectivity index (χ0n) is 10.4. The van der Waals surface area contributed by atoms with Crippen molar-refractivity contribution in [3.8, 4) is 10.6 Å². The van der Waals surface area contributed by atoms with Gasteiger partial charge in [-0.25, -0.2) is 13.8 Å². The maximum atomic E-state index is 13.2. The highest BCUT2D eigenvalue weighted by Gasteiger charge is 2.14. The minimum absolute atomic E-state index is 0.196. The minimum Gasteiger partial charge on any atom is -0.312 e. The van der Waals surface area contributed by atoms with E-state index in [4.69, 9.17) is 0 Å². The highest BCUT2D eigenvalue weighted by atomic mass is 32.1. The Morgan fingerprint density at radius 2 is 2.00 bits per heavy atom. The average molecular weight is 268 g/mol. The van der Waals surface area contributed by atoms with Crippen molar-refractivity contribution in [1.29, 1.82) is 0 Å². The molecule has 1 heterocycles. The van der Waals surface area contributed by atoms with Crippen molar-refractivity contribution in [2.75, 3.05) is 7.05 Å². The molecule has 0 saturated heterocycles. The second-order valence-corrected chi connectivity index (χ2v) is 5.14. The van der Waals surface area contributed by atoms with Gasteiger partial charge >= 0.3 is 0 Å². The maximum absolute atomic E-state index is 13.2. The molecular weight excluding hydrogens is 254 g/mol. The van der Waals surface area contributed by atoms with Crippen LogP contribution in [-0.2, 0) is 0 Å². The van der Waals surface area contributed by atoms with Crippen LogP contribution in [0.2, 0.25) is 0 Å². The lowest BCUT2D eigenvalue weighted by Crippen LogP contribution is -2.11. The van der Waals surface area contributed by atoms with Crippen LogP contribution in [0.1, 0.15) is 23.5 Å². The van der Waals surface area contributed by atoms with Crippen LogP contribution in [0.4, 0.5) is 8.78 Å². The van der Waals surface area contributed by atoms with Crippen LogP contribution in [0.5, 0.6) is 0 Å². The first kappa shape index (κ1) is 13.1. The summed E-state index contributed by atoms with van der Waals surface area (Å²) in [5.74, 6) is -1.68. The van der Waals surface area contributed by atoms with E-state index in [-0.39, 0.29) is 6.04 Å². The number of aryl methyl sites for hydroxylation is 1. The fraction of sp³-hybridized carbons (Fsp3) is 0.308. The largest absolute Gasteiger partial charge is 0.312 e. The summed E-state index contributed by atoms with van der Waals surface area (Å²) >= 11 is 1.50. The molecule has 0 spiro atoms. The Morgan fingerprint density at radius 3 is 2.61 bits per heavy atom. The lowest BCUT2D eigenvalue weighted by atomic mass is 10.2. The SMILES string of the molecule is CNC(C)c1sc(-c2ccc(F)c(F)c2)nc1C. The molecule has 0 radical (unpaired) electrons. The first-order valence-electron chi connectivity index (χ1n) is 5.63. The third-order valence-corrected chi connectivity index (χ3v) is 4.21. The molecule has 1 N–H and O–H groups in total. The molecule has 0 aliphatic rings. The van der Waals surface area contributed by atoms with Gasteiger partial charge in [0.2, 0.25) is 0 Å². The molecule has 0 bridgehead atoms. The smallest absolute Gasteiger partial charge is 0.159 e. The molecular formula is C13H14F2N2S. The second kappa shape index (κ2) is 5.12. The van der Waals surface area contributed by atoms with E-state index < -0.39 is 11.6 Å². The molecule has 0 aliphatic carbocycles. The van der Waals surface area contributed by atoms with Gasteiger partial charge in [0.05, 0.1) is 5.69 Å². The van der Waals surface area contributed by atoms with Gasteiger partial charge in [-0.15, -0.1) is 11.3 Å². The summed E-state index contributed by atoms with van der Waals surface area (Å²) < 4.78 is 26.1. The molecule has 1 unspecified atom stereocenters. The van der Waals surface area contributed by atoms with E-state index in [2.05, 4.69) is 10.3 Å². The monoisotopic (exact) mass is 268 g/mol. The van der Waals surface area contributed by atoms with Gasteiger partial charge in [-0.2, -0.15) is 0 Å². The number of thiazole rings is 1. The van der Waals surface area contributed by atoms with Crippen molar-refractivity contribution >= 4 is 11.3 Å². The van der Waals surface area contributed by atoms with Crippen LogP contribution in [0.15, 0.2) is 18.2 Å². The lowest BCUT2D eigenvalue weighted by Gasteiger charge is -2.06. The zero-order valence-corrected chi connectivity index (χ0v) is 11.2. The van der Waals surface area contributed by atoms with E-state index in [0.717, 1.165) is 16.6 Å². The standard InChI is InChI=1S/C13H14F2N2S/c1-7(16-3)12-8(2)17-13(18-12)9-4-5-10(14)11(15)6-9/h4-7,16H,1-3H3. The third-order valence-electron chi connectivity index (χ3n) is 2.83. The Hall–Kier alpha value is -1.33. The molecule has 0 fully saturated rings. The van der Waals surface area contributed by atoms with Crippen LogP contribution in [0, 0.1) is 18.6 Å². The van der Waals surface area contributed by atoms with Gasteiger partial charge in [0, 0.05) is 16.5 Å². The van der Waals surface area contributed by atoms with Crippen LogP contribution in [-0.4, -0.2) is 12.0 Å². The Labute approximate surface area is 109 Å². The number of hydrogen-bond acceptors (Lipinski definition) is 3. The molecule has 1 aromatic carbocycles. The quantitative estimate of drug-likeness (QED) is 0.918. The topological polar surface area (TPSA) is 24.9 Å².